The molecule has 1 amide bonds. The van der Waals surface area contributed by atoms with E-state index in [-0.39, 0.29) is 11.9 Å². The first-order valence-corrected chi connectivity index (χ1v) is 9.73. The van der Waals surface area contributed by atoms with Gasteiger partial charge < -0.3 is 15.4 Å². The van der Waals surface area contributed by atoms with Crippen LogP contribution in [-0.4, -0.2) is 5.91 Å². The summed E-state index contributed by atoms with van der Waals surface area (Å²) in [6.45, 7) is 3.47. The van der Waals surface area contributed by atoms with E-state index in [2.05, 4.69) is 10.6 Å². The number of hydrogen-bond acceptors (Lipinski definition) is 3. The highest BCUT2D eigenvalue weighted by Gasteiger charge is 2.15. The van der Waals surface area contributed by atoms with Crippen molar-refractivity contribution >= 4 is 28.9 Å². The van der Waals surface area contributed by atoms with Crippen molar-refractivity contribution in [2.45, 2.75) is 19.9 Å². The molecule has 148 valence electrons. The molecule has 0 fully saturated rings. The lowest BCUT2D eigenvalue weighted by molar-refractivity contribution is -0.114. The molecule has 0 aliphatic heterocycles. The van der Waals surface area contributed by atoms with E-state index in [4.69, 9.17) is 16.3 Å². The molecular weight excluding hydrogens is 384 g/mol. The van der Waals surface area contributed by atoms with E-state index in [1.54, 1.807) is 12.1 Å². The number of amides is 1. The molecule has 0 spiro atoms. The van der Waals surface area contributed by atoms with Crippen LogP contribution in [0.1, 0.15) is 25.5 Å². The zero-order valence-electron chi connectivity index (χ0n) is 16.4. The molecule has 0 saturated carbocycles. The fraction of sp³-hybridized carbons (Fsp3) is 0.125. The van der Waals surface area contributed by atoms with Gasteiger partial charge in [0.15, 0.2) is 5.75 Å². The largest absolute Gasteiger partial charge is 0.455 e. The molecule has 0 heterocycles. The van der Waals surface area contributed by atoms with Crippen LogP contribution in [0.5, 0.6) is 11.5 Å². The molecule has 3 aromatic carbocycles. The second-order valence-electron chi connectivity index (χ2n) is 6.47. The normalized spacial score (nSPS) is 11.8. The Labute approximate surface area is 176 Å². The average molecular weight is 407 g/mol. The van der Waals surface area contributed by atoms with Crippen LogP contribution >= 0.6 is 11.6 Å². The zero-order chi connectivity index (χ0) is 20.6. The van der Waals surface area contributed by atoms with Crippen LogP contribution in [0, 0.1) is 0 Å². The lowest BCUT2D eigenvalue weighted by Gasteiger charge is -2.22. The minimum absolute atomic E-state index is 0.108. The molecule has 0 radical (unpaired) electrons. The maximum absolute atomic E-state index is 11.6. The molecule has 0 saturated heterocycles. The maximum atomic E-state index is 11.6. The molecule has 4 nitrogen and oxygen atoms in total. The monoisotopic (exact) mass is 406 g/mol. The molecule has 3 rings (SSSR count). The van der Waals surface area contributed by atoms with Crippen LogP contribution in [0.3, 0.4) is 0 Å². The first kappa shape index (κ1) is 20.5. The molecule has 0 aliphatic carbocycles. The SMILES string of the molecule is CC=C[C@@H](Nc1ccccc1Oc1ccc(Cl)cc1)c1ccccc1NC(C)=O. The first-order valence-electron chi connectivity index (χ1n) is 9.35. The summed E-state index contributed by atoms with van der Waals surface area (Å²) in [5.74, 6) is 1.29. The Morgan fingerprint density at radius 3 is 2.31 bits per heavy atom. The number of ether oxygens (including phenoxy) is 1. The van der Waals surface area contributed by atoms with Crippen molar-refractivity contribution in [1.82, 2.24) is 0 Å². The minimum Gasteiger partial charge on any atom is -0.455 e. The van der Waals surface area contributed by atoms with Crippen LogP contribution < -0.4 is 15.4 Å². The van der Waals surface area contributed by atoms with Crippen LogP contribution in [0.15, 0.2) is 84.9 Å². The van der Waals surface area contributed by atoms with Gasteiger partial charge in [-0.2, -0.15) is 0 Å². The summed E-state index contributed by atoms with van der Waals surface area (Å²) < 4.78 is 6.06. The smallest absolute Gasteiger partial charge is 0.221 e. The summed E-state index contributed by atoms with van der Waals surface area (Å²) in [6, 6.07) is 22.6. The number of carbonyl (C=O) groups excluding carboxylic acids is 1. The van der Waals surface area contributed by atoms with Crippen LogP contribution in [0.4, 0.5) is 11.4 Å². The number of anilines is 2. The van der Waals surface area contributed by atoms with Gasteiger partial charge in [0.2, 0.25) is 5.91 Å². The van der Waals surface area contributed by atoms with Gasteiger partial charge in [-0.3, -0.25) is 4.79 Å². The lowest BCUT2D eigenvalue weighted by Crippen LogP contribution is -2.14. The van der Waals surface area contributed by atoms with Crippen LogP contribution in [0.25, 0.3) is 0 Å². The average Bonchev–Trinajstić information content (AvgIpc) is 2.71. The number of carbonyl (C=O) groups is 1. The Hall–Kier alpha value is -3.24. The quantitative estimate of drug-likeness (QED) is 0.423. The van der Waals surface area contributed by atoms with Crippen molar-refractivity contribution in [2.75, 3.05) is 10.6 Å². The Morgan fingerprint density at radius 1 is 0.966 bits per heavy atom. The van der Waals surface area contributed by atoms with Crippen LogP contribution in [0.2, 0.25) is 5.02 Å². The topological polar surface area (TPSA) is 50.4 Å². The third-order valence-corrected chi connectivity index (χ3v) is 4.48. The molecule has 5 heteroatoms. The summed E-state index contributed by atoms with van der Waals surface area (Å²) in [5, 5.41) is 7.08. The molecule has 3 aromatic rings. The Kier molecular flexibility index (Phi) is 6.93. The standard InChI is InChI=1S/C24H23ClN2O2/c1-3-8-21(20-9-4-5-10-22(20)26-17(2)28)27-23-11-6-7-12-24(23)29-19-15-13-18(25)14-16-19/h3-16,21,27H,1-2H3,(H,26,28)/t21-/m1/s1. The fourth-order valence-corrected chi connectivity index (χ4v) is 3.09. The first-order chi connectivity index (χ1) is 14.1. The molecule has 0 bridgehead atoms. The predicted molar refractivity (Wildman–Crippen MR) is 120 cm³/mol. The van der Waals surface area contributed by atoms with E-state index < -0.39 is 0 Å². The summed E-state index contributed by atoms with van der Waals surface area (Å²) in [7, 11) is 0. The van der Waals surface area contributed by atoms with Crippen molar-refractivity contribution in [1.29, 1.82) is 0 Å². The minimum atomic E-state index is -0.155. The summed E-state index contributed by atoms with van der Waals surface area (Å²) >= 11 is 5.96. The molecule has 29 heavy (non-hydrogen) atoms. The van der Waals surface area contributed by atoms with Crippen molar-refractivity contribution in [2.24, 2.45) is 0 Å². The summed E-state index contributed by atoms with van der Waals surface area (Å²) in [4.78, 5) is 11.6. The number of allylic oxidation sites excluding steroid dienone is 1. The Bertz CT molecular complexity index is 1000. The van der Waals surface area contributed by atoms with Gasteiger partial charge in [0, 0.05) is 23.2 Å². The number of hydrogen-bond donors (Lipinski definition) is 2. The van der Waals surface area contributed by atoms with E-state index >= 15 is 0 Å². The van der Waals surface area contributed by atoms with Gasteiger partial charge in [-0.05, 0) is 49.4 Å². The highest BCUT2D eigenvalue weighted by atomic mass is 35.5. The van der Waals surface area contributed by atoms with Gasteiger partial charge in [0.05, 0.1) is 11.7 Å². The lowest BCUT2D eigenvalue weighted by atomic mass is 10.0. The van der Waals surface area contributed by atoms with Crippen molar-refractivity contribution in [3.8, 4) is 11.5 Å². The third-order valence-electron chi connectivity index (χ3n) is 4.23. The second-order valence-corrected chi connectivity index (χ2v) is 6.90. The molecule has 1 atom stereocenters. The predicted octanol–water partition coefficient (Wildman–Crippen LogP) is 6.82. The Morgan fingerprint density at radius 2 is 1.62 bits per heavy atom. The fourth-order valence-electron chi connectivity index (χ4n) is 2.97. The van der Waals surface area contributed by atoms with Gasteiger partial charge in [-0.25, -0.2) is 0 Å². The summed E-state index contributed by atoms with van der Waals surface area (Å²) in [6.07, 6.45) is 4.02. The Balaban J connectivity index is 1.91. The van der Waals surface area contributed by atoms with E-state index in [0.717, 1.165) is 16.9 Å². The second kappa shape index (κ2) is 9.80. The maximum Gasteiger partial charge on any atom is 0.221 e. The zero-order valence-corrected chi connectivity index (χ0v) is 17.1. The molecular formula is C24H23ClN2O2. The van der Waals surface area contributed by atoms with Gasteiger partial charge in [0.1, 0.15) is 5.75 Å². The van der Waals surface area contributed by atoms with Gasteiger partial charge in [0.25, 0.3) is 0 Å². The summed E-state index contributed by atoms with van der Waals surface area (Å²) in [5.41, 5.74) is 2.57. The van der Waals surface area contributed by atoms with Crippen molar-refractivity contribution in [3.63, 3.8) is 0 Å². The van der Waals surface area contributed by atoms with Gasteiger partial charge in [-0.15, -0.1) is 0 Å². The molecule has 0 unspecified atom stereocenters. The number of para-hydroxylation sites is 3. The highest BCUT2D eigenvalue weighted by molar-refractivity contribution is 6.30. The third kappa shape index (κ3) is 5.62. The number of halogens is 1. The van der Waals surface area contributed by atoms with E-state index in [0.29, 0.717) is 16.5 Å². The van der Waals surface area contributed by atoms with E-state index in [1.165, 1.54) is 6.92 Å². The van der Waals surface area contributed by atoms with Crippen LogP contribution in [-0.2, 0) is 4.79 Å². The molecule has 0 aliphatic rings. The van der Waals surface area contributed by atoms with E-state index in [1.807, 2.05) is 79.7 Å². The van der Waals surface area contributed by atoms with Gasteiger partial charge >= 0.3 is 0 Å². The number of benzene rings is 3. The highest BCUT2D eigenvalue weighted by Crippen LogP contribution is 2.34. The molecule has 0 aromatic heterocycles. The van der Waals surface area contributed by atoms with Crippen molar-refractivity contribution < 1.29 is 9.53 Å². The van der Waals surface area contributed by atoms with Gasteiger partial charge in [-0.1, -0.05) is 54.1 Å². The van der Waals surface area contributed by atoms with E-state index in [9.17, 15) is 4.79 Å². The van der Waals surface area contributed by atoms with Crippen molar-refractivity contribution in [3.05, 3.63) is 95.5 Å². The number of nitrogens with one attached hydrogen (secondary N) is 2. The number of rotatable bonds is 7. The molecule has 2 N–H and O–H groups in total.